The van der Waals surface area contributed by atoms with Gasteiger partial charge in [0.15, 0.2) is 0 Å². The molecule has 39 heavy (non-hydrogen) atoms. The van der Waals surface area contributed by atoms with Crippen molar-refractivity contribution in [1.82, 2.24) is 19.7 Å². The van der Waals surface area contributed by atoms with E-state index in [1.165, 1.54) is 9.80 Å². The first-order valence-electron chi connectivity index (χ1n) is 12.3. The molecular weight excluding hydrogens is 522 g/mol. The first-order chi connectivity index (χ1) is 18.7. The number of anilines is 1. The smallest absolute Gasteiger partial charge is 0.275 e. The Hall–Kier alpha value is -4.29. The average molecular weight is 545 g/mol. The summed E-state index contributed by atoms with van der Waals surface area (Å²) in [6.07, 6.45) is 2.82. The highest BCUT2D eigenvalue weighted by molar-refractivity contribution is 6.34. The van der Waals surface area contributed by atoms with Gasteiger partial charge in [0, 0.05) is 60.0 Å². The molecule has 7 nitrogen and oxygen atoms in total. The molecule has 0 saturated carbocycles. The number of likely N-dealkylation sites (tertiary alicyclic amines) is 1. The molecule has 0 radical (unpaired) electrons. The number of aromatic nitrogens is 3. The van der Waals surface area contributed by atoms with Crippen molar-refractivity contribution in [2.24, 2.45) is 12.5 Å². The number of pyridine rings is 1. The van der Waals surface area contributed by atoms with E-state index in [0.29, 0.717) is 27.1 Å². The van der Waals surface area contributed by atoms with E-state index in [1.54, 1.807) is 23.0 Å². The maximum atomic E-state index is 15.5. The molecule has 0 N–H and O–H groups in total. The van der Waals surface area contributed by atoms with Gasteiger partial charge in [-0.2, -0.15) is 10.4 Å². The van der Waals surface area contributed by atoms with Gasteiger partial charge in [-0.25, -0.2) is 13.8 Å². The van der Waals surface area contributed by atoms with Gasteiger partial charge in [-0.1, -0.05) is 48.5 Å². The normalized spacial score (nSPS) is 17.3. The second-order valence-electron chi connectivity index (χ2n) is 10.1. The van der Waals surface area contributed by atoms with Crippen molar-refractivity contribution in [2.75, 3.05) is 31.1 Å². The minimum atomic E-state index is -3.09. The Balaban J connectivity index is 1.54. The van der Waals surface area contributed by atoms with Crippen LogP contribution in [0.15, 0.2) is 67.4 Å². The molecule has 0 aliphatic carbocycles. The van der Waals surface area contributed by atoms with Crippen molar-refractivity contribution in [3.05, 3.63) is 78.0 Å². The lowest BCUT2D eigenvalue weighted by molar-refractivity contribution is -0.169. The van der Waals surface area contributed by atoms with Gasteiger partial charge in [-0.3, -0.25) is 9.48 Å². The summed E-state index contributed by atoms with van der Waals surface area (Å²) in [4.78, 5) is 19.6. The van der Waals surface area contributed by atoms with Crippen LogP contribution in [0, 0.1) is 16.7 Å². The van der Waals surface area contributed by atoms with E-state index in [4.69, 9.17) is 16.6 Å². The Bertz CT molecular complexity index is 1700. The van der Waals surface area contributed by atoms with Crippen LogP contribution in [0.2, 0.25) is 5.02 Å². The van der Waals surface area contributed by atoms with E-state index >= 15 is 8.78 Å². The molecule has 2 saturated heterocycles. The molecule has 0 atom stereocenters. The number of rotatable bonds is 4. The van der Waals surface area contributed by atoms with E-state index in [-0.39, 0.29) is 36.9 Å². The number of benzene rings is 2. The van der Waals surface area contributed by atoms with Gasteiger partial charge in [-0.15, -0.1) is 0 Å². The number of nitrogens with zero attached hydrogens (tertiary/aromatic N) is 6. The zero-order chi connectivity index (χ0) is 27.5. The van der Waals surface area contributed by atoms with E-state index in [9.17, 15) is 10.1 Å². The second-order valence-corrected chi connectivity index (χ2v) is 10.5. The van der Waals surface area contributed by atoms with Gasteiger partial charge in [0.1, 0.15) is 17.5 Å². The Morgan fingerprint density at radius 3 is 2.59 bits per heavy atom. The average Bonchev–Trinajstić information content (AvgIpc) is 3.45. The Morgan fingerprint density at radius 2 is 1.92 bits per heavy atom. The topological polar surface area (TPSA) is 78.1 Å². The van der Waals surface area contributed by atoms with Crippen LogP contribution in [0.3, 0.4) is 0 Å². The summed E-state index contributed by atoms with van der Waals surface area (Å²) >= 11 is 6.59. The maximum absolute atomic E-state index is 15.5. The summed E-state index contributed by atoms with van der Waals surface area (Å²) in [6, 6.07) is 16.9. The van der Waals surface area contributed by atoms with Crippen LogP contribution in [0.5, 0.6) is 0 Å². The number of fused-ring (bicyclic) bond motifs is 1. The Labute approximate surface area is 228 Å². The van der Waals surface area contributed by atoms with Crippen molar-refractivity contribution < 1.29 is 13.6 Å². The van der Waals surface area contributed by atoms with Crippen molar-refractivity contribution in [2.45, 2.75) is 5.92 Å². The number of hydrogen-bond donors (Lipinski definition) is 0. The van der Waals surface area contributed by atoms with Crippen molar-refractivity contribution in [1.29, 1.82) is 5.26 Å². The molecule has 1 amide bonds. The highest BCUT2D eigenvalue weighted by Gasteiger charge is 2.66. The number of nitriles is 1. The molecule has 2 aliphatic heterocycles. The molecule has 10 heteroatoms. The molecule has 6 rings (SSSR count). The number of amides is 1. The molecule has 4 aromatic rings. The number of carbonyl (C=O) groups excluding carboxylic acids is 1. The van der Waals surface area contributed by atoms with E-state index in [1.807, 2.05) is 43.4 Å². The fourth-order valence-electron chi connectivity index (χ4n) is 5.74. The summed E-state index contributed by atoms with van der Waals surface area (Å²) in [7, 11) is 1.83. The number of alkyl halides is 2. The molecule has 2 aromatic carbocycles. The minimum absolute atomic E-state index is 0.0442. The van der Waals surface area contributed by atoms with Gasteiger partial charge in [0.2, 0.25) is 5.91 Å². The monoisotopic (exact) mass is 544 g/mol. The largest absolute Gasteiger partial charge is 0.348 e. The summed E-state index contributed by atoms with van der Waals surface area (Å²) in [5, 5.41) is 15.7. The molecule has 0 bridgehead atoms. The lowest BCUT2D eigenvalue weighted by atomic mass is 9.76. The van der Waals surface area contributed by atoms with E-state index in [2.05, 4.69) is 17.7 Å². The minimum Gasteiger partial charge on any atom is -0.348 e. The molecule has 4 heterocycles. The van der Waals surface area contributed by atoms with Crippen LogP contribution < -0.4 is 4.90 Å². The van der Waals surface area contributed by atoms with Crippen LogP contribution >= 0.6 is 11.6 Å². The van der Waals surface area contributed by atoms with Gasteiger partial charge >= 0.3 is 0 Å². The summed E-state index contributed by atoms with van der Waals surface area (Å²) in [6.45, 7) is 2.63. The number of carbonyl (C=O) groups is 1. The van der Waals surface area contributed by atoms with Crippen LogP contribution in [-0.4, -0.2) is 57.7 Å². The first kappa shape index (κ1) is 25.0. The molecule has 2 aliphatic rings. The fraction of sp³-hybridized carbons (Fsp3) is 0.241. The van der Waals surface area contributed by atoms with Gasteiger partial charge in [0.25, 0.3) is 5.92 Å². The summed E-state index contributed by atoms with van der Waals surface area (Å²) < 4.78 is 32.7. The third-order valence-corrected chi connectivity index (χ3v) is 8.10. The Morgan fingerprint density at radius 1 is 1.15 bits per heavy atom. The van der Waals surface area contributed by atoms with E-state index < -0.39 is 17.9 Å². The van der Waals surface area contributed by atoms with Crippen molar-refractivity contribution in [3.63, 3.8) is 0 Å². The molecule has 2 fully saturated rings. The highest BCUT2D eigenvalue weighted by Crippen LogP contribution is 2.52. The van der Waals surface area contributed by atoms with Gasteiger partial charge in [-0.05, 0) is 24.3 Å². The zero-order valence-electron chi connectivity index (χ0n) is 21.0. The Kier molecular flexibility index (Phi) is 5.70. The molecular formula is C29H23ClF2N6O. The number of aryl methyl sites for hydroxylation is 1. The third kappa shape index (κ3) is 3.78. The lowest BCUT2D eigenvalue weighted by Crippen LogP contribution is -2.65. The van der Waals surface area contributed by atoms with Crippen molar-refractivity contribution in [3.8, 4) is 28.5 Å². The fourth-order valence-corrected chi connectivity index (χ4v) is 5.97. The number of halogens is 3. The predicted molar refractivity (Wildman–Crippen MR) is 145 cm³/mol. The first-order valence-corrected chi connectivity index (χ1v) is 12.7. The van der Waals surface area contributed by atoms with Gasteiger partial charge < -0.3 is 9.80 Å². The summed E-state index contributed by atoms with van der Waals surface area (Å²) in [5.74, 6) is -3.29. The van der Waals surface area contributed by atoms with Crippen LogP contribution in [-0.2, 0) is 11.8 Å². The van der Waals surface area contributed by atoms with E-state index in [0.717, 1.165) is 17.3 Å². The standard InChI is InChI=1S/C29H23ClF2N6O/c1-3-25(39)37-14-28(15-37)16-38(17-29(28,31)32)27-21(13-33)26(19-6-4-5-7-22(19)30)20-9-8-18(12-23(20)35-27)24-10-11-34-36(24)2/h3-12H,1,14-17H2,2H3. The zero-order valence-corrected chi connectivity index (χ0v) is 21.8. The molecule has 2 aromatic heterocycles. The third-order valence-electron chi connectivity index (χ3n) is 7.77. The lowest BCUT2D eigenvalue weighted by Gasteiger charge is -2.49. The molecule has 196 valence electrons. The van der Waals surface area contributed by atoms with Crippen LogP contribution in [0.25, 0.3) is 33.3 Å². The summed E-state index contributed by atoms with van der Waals surface area (Å²) in [5.41, 5.74) is 2.16. The maximum Gasteiger partial charge on any atom is 0.275 e. The van der Waals surface area contributed by atoms with Crippen LogP contribution in [0.4, 0.5) is 14.6 Å². The quantitative estimate of drug-likeness (QED) is 0.326. The molecule has 0 unspecified atom stereocenters. The van der Waals surface area contributed by atoms with Crippen molar-refractivity contribution >= 4 is 34.2 Å². The van der Waals surface area contributed by atoms with Crippen LogP contribution in [0.1, 0.15) is 5.56 Å². The predicted octanol–water partition coefficient (Wildman–Crippen LogP) is 5.30. The highest BCUT2D eigenvalue weighted by atomic mass is 35.5. The second kappa shape index (κ2) is 8.89. The number of hydrogen-bond acceptors (Lipinski definition) is 5. The van der Waals surface area contributed by atoms with Gasteiger partial charge in [0.05, 0.1) is 23.2 Å². The molecule has 1 spiro atoms. The SMILES string of the molecule is C=CC(=O)N1CC2(C1)CN(c1nc3cc(-c4ccnn4C)ccc3c(-c3ccccc3Cl)c1C#N)CC2(F)F.